The number of hydrogen-bond donors (Lipinski definition) is 1. The molecule has 0 saturated heterocycles. The number of hydrogen-bond acceptors (Lipinski definition) is 5. The molecule has 2 aromatic rings. The molecule has 2 aromatic heterocycles. The Balaban J connectivity index is 2.18. The molecule has 0 bridgehead atoms. The average molecular weight is 297 g/mol. The SMILES string of the molecule is CC(C)Cc1ccc(S(=O)(=O)Nc2ncccn2)s1. The van der Waals surface area contributed by atoms with Crippen LogP contribution in [-0.4, -0.2) is 18.4 Å². The van der Waals surface area contributed by atoms with E-state index in [0.717, 1.165) is 11.3 Å². The molecular weight excluding hydrogens is 282 g/mol. The zero-order chi connectivity index (χ0) is 13.9. The van der Waals surface area contributed by atoms with Gasteiger partial charge >= 0.3 is 0 Å². The summed E-state index contributed by atoms with van der Waals surface area (Å²) in [7, 11) is -3.58. The minimum Gasteiger partial charge on any atom is -0.247 e. The van der Waals surface area contributed by atoms with Gasteiger partial charge in [0.25, 0.3) is 10.0 Å². The van der Waals surface area contributed by atoms with Crippen molar-refractivity contribution in [3.8, 4) is 0 Å². The molecular formula is C12H15N3O2S2. The molecule has 0 atom stereocenters. The van der Waals surface area contributed by atoms with E-state index in [-0.39, 0.29) is 10.2 Å². The third kappa shape index (κ3) is 3.74. The standard InChI is InChI=1S/C12H15N3O2S2/c1-9(2)8-10-4-5-11(18-10)19(16,17)15-12-13-6-3-7-14-12/h3-7,9H,8H2,1-2H3,(H,13,14,15). The molecule has 0 radical (unpaired) electrons. The van der Waals surface area contributed by atoms with Crippen LogP contribution in [0.4, 0.5) is 5.95 Å². The molecule has 0 fully saturated rings. The van der Waals surface area contributed by atoms with Gasteiger partial charge in [-0.1, -0.05) is 13.8 Å². The highest BCUT2D eigenvalue weighted by Crippen LogP contribution is 2.24. The molecule has 102 valence electrons. The highest BCUT2D eigenvalue weighted by atomic mass is 32.2. The summed E-state index contributed by atoms with van der Waals surface area (Å²) in [6, 6.07) is 5.10. The van der Waals surface area contributed by atoms with Gasteiger partial charge in [-0.15, -0.1) is 11.3 Å². The van der Waals surface area contributed by atoms with E-state index in [4.69, 9.17) is 0 Å². The van der Waals surface area contributed by atoms with Crippen molar-refractivity contribution in [3.63, 3.8) is 0 Å². The highest BCUT2D eigenvalue weighted by Gasteiger charge is 2.18. The Labute approximate surface area is 116 Å². The topological polar surface area (TPSA) is 72.0 Å². The average Bonchev–Trinajstić information content (AvgIpc) is 2.78. The van der Waals surface area contributed by atoms with Gasteiger partial charge in [0.15, 0.2) is 0 Å². The third-order valence-corrected chi connectivity index (χ3v) is 5.23. The first-order valence-electron chi connectivity index (χ1n) is 5.86. The summed E-state index contributed by atoms with van der Waals surface area (Å²) in [5.74, 6) is 0.584. The Kier molecular flexibility index (Phi) is 4.16. The van der Waals surface area contributed by atoms with Gasteiger partial charge in [0, 0.05) is 17.3 Å². The van der Waals surface area contributed by atoms with E-state index >= 15 is 0 Å². The van der Waals surface area contributed by atoms with Gasteiger partial charge in [-0.25, -0.2) is 23.1 Å². The number of sulfonamides is 1. The minimum absolute atomic E-state index is 0.0845. The van der Waals surface area contributed by atoms with Gasteiger partial charge in [-0.3, -0.25) is 0 Å². The summed E-state index contributed by atoms with van der Waals surface area (Å²) < 4.78 is 26.9. The maximum absolute atomic E-state index is 12.1. The fraction of sp³-hybridized carbons (Fsp3) is 0.333. The summed E-state index contributed by atoms with van der Waals surface area (Å²) >= 11 is 1.28. The number of anilines is 1. The van der Waals surface area contributed by atoms with E-state index in [0.29, 0.717) is 5.92 Å². The molecule has 0 aliphatic carbocycles. The number of aromatic nitrogens is 2. The molecule has 0 aromatic carbocycles. The van der Waals surface area contributed by atoms with Gasteiger partial charge in [0.2, 0.25) is 5.95 Å². The maximum Gasteiger partial charge on any atom is 0.273 e. The summed E-state index contributed by atoms with van der Waals surface area (Å²) in [6.07, 6.45) is 3.86. The van der Waals surface area contributed by atoms with Crippen LogP contribution in [0.25, 0.3) is 0 Å². The van der Waals surface area contributed by atoms with Crippen LogP contribution >= 0.6 is 11.3 Å². The number of thiophene rings is 1. The predicted molar refractivity (Wildman–Crippen MR) is 75.7 cm³/mol. The number of rotatable bonds is 5. The van der Waals surface area contributed by atoms with E-state index in [9.17, 15) is 8.42 Å². The first-order valence-corrected chi connectivity index (χ1v) is 8.16. The zero-order valence-corrected chi connectivity index (χ0v) is 12.3. The van der Waals surface area contributed by atoms with Crippen molar-refractivity contribution >= 4 is 27.3 Å². The highest BCUT2D eigenvalue weighted by molar-refractivity contribution is 7.94. The van der Waals surface area contributed by atoms with E-state index in [2.05, 4.69) is 28.5 Å². The lowest BCUT2D eigenvalue weighted by atomic mass is 10.1. The lowest BCUT2D eigenvalue weighted by Crippen LogP contribution is -2.13. The van der Waals surface area contributed by atoms with Crippen molar-refractivity contribution in [1.29, 1.82) is 0 Å². The van der Waals surface area contributed by atoms with E-state index in [1.54, 1.807) is 12.1 Å². The van der Waals surface area contributed by atoms with Crippen molar-refractivity contribution in [2.45, 2.75) is 24.5 Å². The monoisotopic (exact) mass is 297 g/mol. The third-order valence-electron chi connectivity index (χ3n) is 2.30. The lowest BCUT2D eigenvalue weighted by Gasteiger charge is -2.03. The van der Waals surface area contributed by atoms with Gasteiger partial charge in [0.05, 0.1) is 0 Å². The summed E-state index contributed by atoms with van der Waals surface area (Å²) in [4.78, 5) is 8.76. The van der Waals surface area contributed by atoms with Crippen LogP contribution in [0.1, 0.15) is 18.7 Å². The molecule has 0 aliphatic rings. The largest absolute Gasteiger partial charge is 0.273 e. The Hall–Kier alpha value is -1.47. The second-order valence-corrected chi connectivity index (χ2v) is 7.57. The Morgan fingerprint density at radius 3 is 2.58 bits per heavy atom. The smallest absolute Gasteiger partial charge is 0.247 e. The molecule has 2 heterocycles. The van der Waals surface area contributed by atoms with Crippen LogP contribution in [0.15, 0.2) is 34.8 Å². The van der Waals surface area contributed by atoms with Crippen LogP contribution in [-0.2, 0) is 16.4 Å². The molecule has 0 spiro atoms. The van der Waals surface area contributed by atoms with Crippen molar-refractivity contribution in [2.75, 3.05) is 4.72 Å². The molecule has 0 aliphatic heterocycles. The maximum atomic E-state index is 12.1. The molecule has 2 rings (SSSR count). The van der Waals surface area contributed by atoms with E-state index < -0.39 is 10.0 Å². The van der Waals surface area contributed by atoms with Crippen LogP contribution < -0.4 is 4.72 Å². The normalized spacial score (nSPS) is 11.7. The Bertz CT molecular complexity index is 636. The molecule has 5 nitrogen and oxygen atoms in total. The predicted octanol–water partition coefficient (Wildman–Crippen LogP) is 2.54. The second-order valence-electron chi connectivity index (χ2n) is 4.50. The van der Waals surface area contributed by atoms with Crippen LogP contribution in [0.3, 0.4) is 0 Å². The van der Waals surface area contributed by atoms with E-state index in [1.807, 2.05) is 6.07 Å². The summed E-state index contributed by atoms with van der Waals surface area (Å²) in [5, 5.41) is 0. The van der Waals surface area contributed by atoms with Gasteiger partial charge in [-0.2, -0.15) is 0 Å². The van der Waals surface area contributed by atoms with E-state index in [1.165, 1.54) is 23.7 Å². The van der Waals surface area contributed by atoms with Gasteiger partial charge in [-0.05, 0) is 30.5 Å². The fourth-order valence-corrected chi connectivity index (χ4v) is 4.06. The summed E-state index contributed by atoms with van der Waals surface area (Å²) in [5.41, 5.74) is 0. The van der Waals surface area contributed by atoms with Crippen molar-refractivity contribution in [2.24, 2.45) is 5.92 Å². The van der Waals surface area contributed by atoms with Crippen molar-refractivity contribution in [3.05, 3.63) is 35.5 Å². The van der Waals surface area contributed by atoms with Crippen molar-refractivity contribution in [1.82, 2.24) is 9.97 Å². The quantitative estimate of drug-likeness (QED) is 0.920. The van der Waals surface area contributed by atoms with Gasteiger partial charge < -0.3 is 0 Å². The molecule has 0 amide bonds. The minimum atomic E-state index is -3.58. The Morgan fingerprint density at radius 1 is 1.26 bits per heavy atom. The van der Waals surface area contributed by atoms with Crippen LogP contribution in [0.2, 0.25) is 0 Å². The first kappa shape index (κ1) is 14.0. The van der Waals surface area contributed by atoms with Crippen LogP contribution in [0.5, 0.6) is 0 Å². The lowest BCUT2D eigenvalue weighted by molar-refractivity contribution is 0.602. The first-order chi connectivity index (χ1) is 8.97. The fourth-order valence-electron chi connectivity index (χ4n) is 1.54. The molecule has 19 heavy (non-hydrogen) atoms. The number of nitrogens with one attached hydrogen (secondary N) is 1. The Morgan fingerprint density at radius 2 is 1.95 bits per heavy atom. The molecule has 0 unspecified atom stereocenters. The number of nitrogens with zero attached hydrogens (tertiary/aromatic N) is 2. The summed E-state index contributed by atoms with van der Waals surface area (Å²) in [6.45, 7) is 4.20. The zero-order valence-electron chi connectivity index (χ0n) is 10.7. The van der Waals surface area contributed by atoms with Crippen molar-refractivity contribution < 1.29 is 8.42 Å². The molecule has 0 saturated carbocycles. The second kappa shape index (κ2) is 5.66. The molecule has 1 N–H and O–H groups in total. The van der Waals surface area contributed by atoms with Gasteiger partial charge in [0.1, 0.15) is 4.21 Å². The molecule has 7 heteroatoms. The van der Waals surface area contributed by atoms with Crippen LogP contribution in [0, 0.1) is 5.92 Å².